The van der Waals surface area contributed by atoms with Crippen LogP contribution in [0.4, 0.5) is 0 Å². The number of para-hydroxylation sites is 1. The molecule has 1 aromatic carbocycles. The van der Waals surface area contributed by atoms with Crippen molar-refractivity contribution in [1.82, 2.24) is 29.7 Å². The molecule has 0 aliphatic heterocycles. The summed E-state index contributed by atoms with van der Waals surface area (Å²) in [5.41, 5.74) is 2.71. The molecular weight excluding hydrogens is 544 g/mol. The summed E-state index contributed by atoms with van der Waals surface area (Å²) in [6, 6.07) is 7.48. The number of hydrogen-bond donors (Lipinski definition) is 1. The van der Waals surface area contributed by atoms with E-state index >= 15 is 0 Å². The lowest BCUT2D eigenvalue weighted by Gasteiger charge is -2.26. The molecule has 1 N–H and O–H groups in total. The van der Waals surface area contributed by atoms with Crippen LogP contribution in [0.2, 0.25) is 0 Å². The van der Waals surface area contributed by atoms with E-state index in [1.165, 1.54) is 0 Å². The van der Waals surface area contributed by atoms with Gasteiger partial charge in [0, 0.05) is 30.4 Å². The van der Waals surface area contributed by atoms with Gasteiger partial charge < -0.3 is 14.6 Å². The Kier molecular flexibility index (Phi) is 8.86. The zero-order valence-corrected chi connectivity index (χ0v) is 25.2. The van der Waals surface area contributed by atoms with Crippen LogP contribution in [0.5, 0.6) is 5.75 Å². The van der Waals surface area contributed by atoms with Crippen LogP contribution in [0.3, 0.4) is 0 Å². The number of rotatable bonds is 11. The van der Waals surface area contributed by atoms with Crippen LogP contribution >= 0.6 is 0 Å². The minimum Gasteiger partial charge on any atom is -0.495 e. The van der Waals surface area contributed by atoms with Gasteiger partial charge in [-0.15, -0.1) is 10.2 Å². The number of aryl methyl sites for hydroxylation is 3. The molecule has 0 saturated heterocycles. The van der Waals surface area contributed by atoms with Crippen molar-refractivity contribution >= 4 is 9.84 Å². The summed E-state index contributed by atoms with van der Waals surface area (Å²) in [6.07, 6.45) is 5.56. The van der Waals surface area contributed by atoms with E-state index in [0.717, 1.165) is 16.7 Å². The van der Waals surface area contributed by atoms with Crippen molar-refractivity contribution in [3.05, 3.63) is 77.4 Å². The minimum atomic E-state index is -3.94. The van der Waals surface area contributed by atoms with Gasteiger partial charge >= 0.3 is 0 Å². The number of hydrogen-bond acceptors (Lipinski definition) is 10. The van der Waals surface area contributed by atoms with Crippen LogP contribution in [0, 0.1) is 20.8 Å². The molecule has 41 heavy (non-hydrogen) atoms. The van der Waals surface area contributed by atoms with Gasteiger partial charge in [-0.3, -0.25) is 9.55 Å². The van der Waals surface area contributed by atoms with Gasteiger partial charge in [0.2, 0.25) is 0 Å². The number of nitrogens with zero attached hydrogens (tertiary/aromatic N) is 6. The third-order valence-corrected chi connectivity index (χ3v) is 8.54. The monoisotopic (exact) mass is 580 g/mol. The molecule has 2 atom stereocenters. The SMILES string of the molecule is COc1cccc(C)c1-n1c(CS(=O)(=O)[C@H](C)[C@@H](OCC(C)(C)O)c2ncc(C)cn2)nnc1-c1cncc(C)c1. The van der Waals surface area contributed by atoms with Crippen molar-refractivity contribution in [2.24, 2.45) is 0 Å². The van der Waals surface area contributed by atoms with Crippen molar-refractivity contribution in [2.45, 2.75) is 64.3 Å². The Bertz CT molecular complexity index is 1610. The summed E-state index contributed by atoms with van der Waals surface area (Å²) in [4.78, 5) is 13.0. The zero-order chi connectivity index (χ0) is 29.9. The van der Waals surface area contributed by atoms with E-state index in [-0.39, 0.29) is 18.3 Å². The number of sulfone groups is 1. The van der Waals surface area contributed by atoms with E-state index in [2.05, 4.69) is 25.1 Å². The number of benzene rings is 1. The summed E-state index contributed by atoms with van der Waals surface area (Å²) in [6.45, 7) is 10.3. The van der Waals surface area contributed by atoms with Gasteiger partial charge in [-0.1, -0.05) is 12.1 Å². The number of aliphatic hydroxyl groups is 1. The average molecular weight is 581 g/mol. The van der Waals surface area contributed by atoms with E-state index in [1.54, 1.807) is 63.3 Å². The van der Waals surface area contributed by atoms with Crippen LogP contribution in [0.25, 0.3) is 17.1 Å². The topological polar surface area (TPSA) is 142 Å². The van der Waals surface area contributed by atoms with E-state index < -0.39 is 32.5 Å². The summed E-state index contributed by atoms with van der Waals surface area (Å²) in [5, 5.41) is 18.0. The first-order chi connectivity index (χ1) is 19.3. The smallest absolute Gasteiger partial charge is 0.170 e. The number of ether oxygens (including phenoxy) is 2. The molecule has 3 heterocycles. The maximum Gasteiger partial charge on any atom is 0.170 e. The predicted octanol–water partition coefficient (Wildman–Crippen LogP) is 3.89. The molecule has 12 heteroatoms. The lowest BCUT2D eigenvalue weighted by molar-refractivity contribution is -0.0565. The lowest BCUT2D eigenvalue weighted by Crippen LogP contribution is -2.34. The summed E-state index contributed by atoms with van der Waals surface area (Å²) < 4.78 is 41.3. The van der Waals surface area contributed by atoms with Crippen LogP contribution in [0.1, 0.15) is 55.2 Å². The number of aromatic nitrogens is 6. The zero-order valence-electron chi connectivity index (χ0n) is 24.4. The molecule has 218 valence electrons. The fourth-order valence-electron chi connectivity index (χ4n) is 4.36. The minimum absolute atomic E-state index is 0.115. The standard InChI is InChI=1S/C29H36N6O5S/c1-18-11-22(15-30-12-18)28-34-33-24(35(28)25-20(3)9-8-10-23(25)39-7)16-41(37,38)21(4)26(40-17-29(5,6)36)27-31-13-19(2)14-32-27/h8-15,21,26,36H,16-17H2,1-7H3/t21-,26-/m1/s1. The van der Waals surface area contributed by atoms with Crippen molar-refractivity contribution in [1.29, 1.82) is 0 Å². The lowest BCUT2D eigenvalue weighted by atomic mass is 10.1. The van der Waals surface area contributed by atoms with E-state index in [4.69, 9.17) is 9.47 Å². The van der Waals surface area contributed by atoms with Crippen molar-refractivity contribution in [3.63, 3.8) is 0 Å². The highest BCUT2D eigenvalue weighted by Crippen LogP contribution is 2.34. The van der Waals surface area contributed by atoms with Crippen LogP contribution in [0.15, 0.2) is 49.1 Å². The third kappa shape index (κ3) is 6.95. The van der Waals surface area contributed by atoms with Gasteiger partial charge in [-0.05, 0) is 70.4 Å². The van der Waals surface area contributed by atoms with Gasteiger partial charge in [-0.25, -0.2) is 18.4 Å². The predicted molar refractivity (Wildman–Crippen MR) is 154 cm³/mol. The normalized spacial score (nSPS) is 13.7. The summed E-state index contributed by atoms with van der Waals surface area (Å²) >= 11 is 0. The molecule has 0 saturated carbocycles. The molecule has 0 spiro atoms. The highest BCUT2D eigenvalue weighted by atomic mass is 32.2. The van der Waals surface area contributed by atoms with Crippen LogP contribution < -0.4 is 4.74 Å². The molecular formula is C29H36N6O5S. The molecule has 0 unspecified atom stereocenters. The van der Waals surface area contributed by atoms with Crippen molar-refractivity contribution in [2.75, 3.05) is 13.7 Å². The molecule has 3 aromatic heterocycles. The fraction of sp³-hybridized carbons (Fsp3) is 0.414. The Morgan fingerprint density at radius 2 is 1.73 bits per heavy atom. The quantitative estimate of drug-likeness (QED) is 0.278. The van der Waals surface area contributed by atoms with Crippen LogP contribution in [-0.4, -0.2) is 67.8 Å². The average Bonchev–Trinajstić information content (AvgIpc) is 3.31. The van der Waals surface area contributed by atoms with Gasteiger partial charge in [0.15, 0.2) is 27.3 Å². The van der Waals surface area contributed by atoms with Crippen molar-refractivity contribution in [3.8, 4) is 22.8 Å². The number of pyridine rings is 1. The summed E-state index contributed by atoms with van der Waals surface area (Å²) in [7, 11) is -2.39. The third-order valence-electron chi connectivity index (χ3n) is 6.50. The second kappa shape index (κ2) is 12.0. The maximum atomic E-state index is 14.0. The van der Waals surface area contributed by atoms with E-state index in [0.29, 0.717) is 22.8 Å². The second-order valence-corrected chi connectivity index (χ2v) is 13.2. The first-order valence-corrected chi connectivity index (χ1v) is 14.9. The Morgan fingerprint density at radius 3 is 2.37 bits per heavy atom. The molecule has 0 bridgehead atoms. The van der Waals surface area contributed by atoms with Gasteiger partial charge in [0.05, 0.1) is 30.3 Å². The molecule has 11 nitrogen and oxygen atoms in total. The highest BCUT2D eigenvalue weighted by Gasteiger charge is 2.36. The first-order valence-electron chi connectivity index (χ1n) is 13.1. The Labute approximate surface area is 240 Å². The summed E-state index contributed by atoms with van der Waals surface area (Å²) in [5.74, 6) is 0.934. The highest BCUT2D eigenvalue weighted by molar-refractivity contribution is 7.91. The Morgan fingerprint density at radius 1 is 1.02 bits per heavy atom. The Hall–Kier alpha value is -3.74. The fourth-order valence-corrected chi connectivity index (χ4v) is 5.74. The molecule has 4 aromatic rings. The molecule has 0 aliphatic carbocycles. The Balaban J connectivity index is 1.81. The maximum absolute atomic E-state index is 14.0. The van der Waals surface area contributed by atoms with Gasteiger partial charge in [-0.2, -0.15) is 0 Å². The molecule has 0 fully saturated rings. The molecule has 0 amide bonds. The van der Waals surface area contributed by atoms with Gasteiger partial charge in [0.25, 0.3) is 0 Å². The van der Waals surface area contributed by atoms with E-state index in [1.807, 2.05) is 39.0 Å². The molecule has 4 rings (SSSR count). The number of methoxy groups -OCH3 is 1. The largest absolute Gasteiger partial charge is 0.495 e. The van der Waals surface area contributed by atoms with Gasteiger partial charge in [0.1, 0.15) is 17.6 Å². The molecule has 0 aliphatic rings. The van der Waals surface area contributed by atoms with Crippen LogP contribution in [-0.2, 0) is 20.3 Å². The van der Waals surface area contributed by atoms with E-state index in [9.17, 15) is 13.5 Å². The van der Waals surface area contributed by atoms with Crippen molar-refractivity contribution < 1.29 is 23.0 Å². The molecule has 0 radical (unpaired) electrons. The second-order valence-electron chi connectivity index (χ2n) is 10.8. The first kappa shape index (κ1) is 30.2.